The number of rotatable bonds is 8. The van der Waals surface area contributed by atoms with Crippen LogP contribution in [0.3, 0.4) is 0 Å². The number of sulfone groups is 1. The average molecular weight is 380 g/mol. The quantitative estimate of drug-likeness (QED) is 0.752. The van der Waals surface area contributed by atoms with Gasteiger partial charge in [0.05, 0.1) is 17.1 Å². The van der Waals surface area contributed by atoms with Gasteiger partial charge in [-0.3, -0.25) is 4.79 Å². The van der Waals surface area contributed by atoms with Crippen LogP contribution in [0.4, 0.5) is 0 Å². The van der Waals surface area contributed by atoms with E-state index in [-0.39, 0.29) is 29.4 Å². The second kappa shape index (κ2) is 8.89. The minimum atomic E-state index is -3.15. The molecule has 2 fully saturated rings. The molecule has 0 atom stereocenters. The molecule has 1 aromatic rings. The van der Waals surface area contributed by atoms with Gasteiger partial charge in [0.1, 0.15) is 5.75 Å². The van der Waals surface area contributed by atoms with Crippen molar-refractivity contribution >= 4 is 15.7 Å². The summed E-state index contributed by atoms with van der Waals surface area (Å²) in [5.74, 6) is 0.546. The Morgan fingerprint density at radius 2 is 1.69 bits per heavy atom. The molecule has 5 nitrogen and oxygen atoms in total. The first-order chi connectivity index (χ1) is 12.5. The summed E-state index contributed by atoms with van der Waals surface area (Å²) in [6, 6.07) is 7.74. The van der Waals surface area contributed by atoms with Crippen LogP contribution in [0.5, 0.6) is 5.75 Å². The second-order valence-electron chi connectivity index (χ2n) is 7.43. The number of hydrogen-bond acceptors (Lipinski definition) is 4. The lowest BCUT2D eigenvalue weighted by atomic mass is 10.2. The van der Waals surface area contributed by atoms with Crippen LogP contribution in [0.1, 0.15) is 63.4 Å². The molecular weight excluding hydrogens is 350 g/mol. The van der Waals surface area contributed by atoms with Gasteiger partial charge in [0, 0.05) is 18.5 Å². The standard InChI is InChI=1S/C20H29NO4S/c22-20(13-14-26(23,24)18-10-4-5-11-18)21-15-16-7-1-6-12-19(16)25-17-8-2-3-9-17/h1,6-7,12,17-18H,2-5,8-11,13-15H2,(H,21,22). The van der Waals surface area contributed by atoms with Gasteiger partial charge in [0.25, 0.3) is 0 Å². The van der Waals surface area contributed by atoms with Gasteiger partial charge < -0.3 is 10.1 Å². The van der Waals surface area contributed by atoms with Gasteiger partial charge in [0.2, 0.25) is 5.91 Å². The van der Waals surface area contributed by atoms with E-state index < -0.39 is 9.84 Å². The van der Waals surface area contributed by atoms with Gasteiger partial charge >= 0.3 is 0 Å². The molecule has 0 heterocycles. The molecule has 26 heavy (non-hydrogen) atoms. The zero-order valence-corrected chi connectivity index (χ0v) is 16.1. The smallest absolute Gasteiger partial charge is 0.221 e. The summed E-state index contributed by atoms with van der Waals surface area (Å²) in [5, 5.41) is 2.60. The number of amides is 1. The first-order valence-electron chi connectivity index (χ1n) is 9.77. The summed E-state index contributed by atoms with van der Waals surface area (Å²) in [6.45, 7) is 0.366. The molecule has 2 aliphatic rings. The molecule has 0 radical (unpaired) electrons. The third-order valence-electron chi connectivity index (χ3n) is 5.47. The first kappa shape index (κ1) is 19.2. The Kier molecular flexibility index (Phi) is 6.57. The molecule has 1 N–H and O–H groups in total. The zero-order chi connectivity index (χ0) is 18.4. The summed E-state index contributed by atoms with van der Waals surface area (Å²) in [6.07, 6.45) is 8.33. The van der Waals surface area contributed by atoms with Crippen molar-refractivity contribution in [3.63, 3.8) is 0 Å². The maximum absolute atomic E-state index is 12.3. The summed E-state index contributed by atoms with van der Waals surface area (Å²) in [4.78, 5) is 12.1. The molecule has 0 aliphatic heterocycles. The minimum absolute atomic E-state index is 0.0322. The van der Waals surface area contributed by atoms with Gasteiger partial charge in [-0.25, -0.2) is 8.42 Å². The molecular formula is C20H29NO4S. The Morgan fingerprint density at radius 1 is 1.04 bits per heavy atom. The minimum Gasteiger partial charge on any atom is -0.490 e. The highest BCUT2D eigenvalue weighted by atomic mass is 32.2. The number of carbonyl (C=O) groups is 1. The van der Waals surface area contributed by atoms with Crippen LogP contribution in [-0.4, -0.2) is 31.4 Å². The number of benzene rings is 1. The highest BCUT2D eigenvalue weighted by Gasteiger charge is 2.28. The third kappa shape index (κ3) is 5.22. The molecule has 0 saturated heterocycles. The molecule has 6 heteroatoms. The topological polar surface area (TPSA) is 72.5 Å². The molecule has 0 aromatic heterocycles. The van der Waals surface area contributed by atoms with Crippen molar-refractivity contribution in [2.24, 2.45) is 0 Å². The molecule has 1 amide bonds. The lowest BCUT2D eigenvalue weighted by Gasteiger charge is -2.17. The van der Waals surface area contributed by atoms with E-state index in [1.54, 1.807) is 0 Å². The van der Waals surface area contributed by atoms with Crippen LogP contribution >= 0.6 is 0 Å². The van der Waals surface area contributed by atoms with Gasteiger partial charge in [-0.2, -0.15) is 0 Å². The fourth-order valence-electron chi connectivity index (χ4n) is 3.88. The van der Waals surface area contributed by atoms with Gasteiger partial charge in [-0.1, -0.05) is 31.0 Å². The second-order valence-corrected chi connectivity index (χ2v) is 9.83. The van der Waals surface area contributed by atoms with Crippen LogP contribution in [0.2, 0.25) is 0 Å². The van der Waals surface area contributed by atoms with E-state index in [0.29, 0.717) is 6.54 Å². The molecule has 0 unspecified atom stereocenters. The molecule has 3 rings (SSSR count). The van der Waals surface area contributed by atoms with Crippen LogP contribution in [-0.2, 0) is 21.2 Å². The average Bonchev–Trinajstić information content (AvgIpc) is 3.33. The van der Waals surface area contributed by atoms with Crippen LogP contribution in [0.15, 0.2) is 24.3 Å². The van der Waals surface area contributed by atoms with Crippen molar-refractivity contribution in [1.29, 1.82) is 0 Å². The first-order valence-corrected chi connectivity index (χ1v) is 11.5. The van der Waals surface area contributed by atoms with E-state index >= 15 is 0 Å². The van der Waals surface area contributed by atoms with E-state index in [1.165, 1.54) is 12.8 Å². The maximum atomic E-state index is 12.3. The summed E-state index contributed by atoms with van der Waals surface area (Å²) in [5.41, 5.74) is 0.936. The van der Waals surface area contributed by atoms with Gasteiger partial charge in [0.15, 0.2) is 9.84 Å². The number of carbonyl (C=O) groups excluding carboxylic acids is 1. The lowest BCUT2D eigenvalue weighted by Crippen LogP contribution is -2.28. The molecule has 2 aliphatic carbocycles. The Morgan fingerprint density at radius 3 is 2.42 bits per heavy atom. The van der Waals surface area contributed by atoms with Crippen LogP contribution in [0, 0.1) is 0 Å². The number of nitrogens with one attached hydrogen (secondary N) is 1. The van der Waals surface area contributed by atoms with Crippen molar-refractivity contribution < 1.29 is 17.9 Å². The summed E-state index contributed by atoms with van der Waals surface area (Å²) in [7, 11) is -3.15. The van der Waals surface area contributed by atoms with Gasteiger partial charge in [-0.15, -0.1) is 0 Å². The van der Waals surface area contributed by atoms with Crippen molar-refractivity contribution in [1.82, 2.24) is 5.32 Å². The molecule has 0 spiro atoms. The highest BCUT2D eigenvalue weighted by molar-refractivity contribution is 7.92. The van der Waals surface area contributed by atoms with Crippen molar-refractivity contribution in [3.05, 3.63) is 29.8 Å². The van der Waals surface area contributed by atoms with E-state index in [0.717, 1.165) is 49.8 Å². The summed E-state index contributed by atoms with van der Waals surface area (Å²) >= 11 is 0. The van der Waals surface area contributed by atoms with E-state index in [1.807, 2.05) is 24.3 Å². The molecule has 1 aromatic carbocycles. The van der Waals surface area contributed by atoms with Crippen LogP contribution < -0.4 is 10.1 Å². The van der Waals surface area contributed by atoms with Gasteiger partial charge in [-0.05, 0) is 44.6 Å². The zero-order valence-electron chi connectivity index (χ0n) is 15.3. The monoisotopic (exact) mass is 379 g/mol. The number of hydrogen-bond donors (Lipinski definition) is 1. The molecule has 0 bridgehead atoms. The Balaban J connectivity index is 1.48. The Labute approximate surface area is 156 Å². The summed E-state index contributed by atoms with van der Waals surface area (Å²) < 4.78 is 30.6. The van der Waals surface area contributed by atoms with E-state index in [2.05, 4.69) is 5.32 Å². The Bertz CT molecular complexity index is 704. The van der Waals surface area contributed by atoms with E-state index in [9.17, 15) is 13.2 Å². The largest absolute Gasteiger partial charge is 0.490 e. The normalized spacial score (nSPS) is 18.9. The highest BCUT2D eigenvalue weighted by Crippen LogP contribution is 2.27. The van der Waals surface area contributed by atoms with Crippen LogP contribution in [0.25, 0.3) is 0 Å². The van der Waals surface area contributed by atoms with E-state index in [4.69, 9.17) is 4.74 Å². The van der Waals surface area contributed by atoms with Crippen molar-refractivity contribution in [2.45, 2.75) is 75.7 Å². The number of para-hydroxylation sites is 1. The lowest BCUT2D eigenvalue weighted by molar-refractivity contribution is -0.120. The molecule has 144 valence electrons. The predicted octanol–water partition coefficient (Wildman–Crippen LogP) is 3.37. The molecule has 2 saturated carbocycles. The van der Waals surface area contributed by atoms with Crippen molar-refractivity contribution in [2.75, 3.05) is 5.75 Å². The van der Waals surface area contributed by atoms with Crippen molar-refractivity contribution in [3.8, 4) is 5.75 Å². The Hall–Kier alpha value is -1.56. The third-order valence-corrected chi connectivity index (χ3v) is 7.73. The SMILES string of the molecule is O=C(CCS(=O)(=O)C1CCCC1)NCc1ccccc1OC1CCCC1. The number of ether oxygens (including phenoxy) is 1. The fourth-order valence-corrected chi connectivity index (χ4v) is 5.74. The maximum Gasteiger partial charge on any atom is 0.221 e. The predicted molar refractivity (Wildman–Crippen MR) is 102 cm³/mol. The fraction of sp³-hybridized carbons (Fsp3) is 0.650.